The summed E-state index contributed by atoms with van der Waals surface area (Å²) in [5.41, 5.74) is 1.67. The Labute approximate surface area is 113 Å². The highest BCUT2D eigenvalue weighted by atomic mass is 79.9. The van der Waals surface area contributed by atoms with Crippen LogP contribution in [0.1, 0.15) is 15.9 Å². The van der Waals surface area contributed by atoms with Crippen molar-refractivity contribution >= 4 is 27.5 Å². The van der Waals surface area contributed by atoms with E-state index in [1.54, 1.807) is 37.4 Å². The molecule has 0 aliphatic rings. The first-order valence-corrected chi connectivity index (χ1v) is 6.07. The summed E-state index contributed by atoms with van der Waals surface area (Å²) in [5.74, 6) is -0.113. The van der Waals surface area contributed by atoms with Crippen LogP contribution >= 0.6 is 15.9 Å². The highest BCUT2D eigenvalue weighted by Gasteiger charge is 2.09. The van der Waals surface area contributed by atoms with Crippen LogP contribution in [0.3, 0.4) is 0 Å². The molecule has 2 rings (SSSR count). The molecule has 0 fully saturated rings. The number of hydrogen-bond acceptors (Lipinski definition) is 3. The van der Waals surface area contributed by atoms with Gasteiger partial charge in [-0.05, 0) is 41.1 Å². The van der Waals surface area contributed by atoms with Crippen molar-refractivity contribution in [1.82, 2.24) is 4.98 Å². The monoisotopic (exact) mass is 306 g/mol. The van der Waals surface area contributed by atoms with Gasteiger partial charge >= 0.3 is 0 Å². The number of aromatic nitrogens is 1. The van der Waals surface area contributed by atoms with Crippen LogP contribution < -0.4 is 5.32 Å². The Morgan fingerprint density at radius 2 is 2.17 bits per heavy atom. The molecule has 0 spiro atoms. The molecular formula is C13H11BrN2O2. The van der Waals surface area contributed by atoms with Crippen molar-refractivity contribution in [1.29, 1.82) is 0 Å². The van der Waals surface area contributed by atoms with Crippen molar-refractivity contribution in [3.63, 3.8) is 0 Å². The molecular weight excluding hydrogens is 296 g/mol. The minimum atomic E-state index is -0.266. The van der Waals surface area contributed by atoms with Crippen LogP contribution in [-0.2, 0) is 0 Å². The first-order chi connectivity index (χ1) is 8.58. The Kier molecular flexibility index (Phi) is 3.62. The molecule has 0 aliphatic carbocycles. The molecule has 0 atom stereocenters. The summed E-state index contributed by atoms with van der Waals surface area (Å²) < 4.78 is 0.739. The summed E-state index contributed by atoms with van der Waals surface area (Å²) in [6.07, 6.45) is 3.09. The van der Waals surface area contributed by atoms with Crippen molar-refractivity contribution in [3.05, 3.63) is 52.3 Å². The molecule has 5 heteroatoms. The highest BCUT2D eigenvalue weighted by molar-refractivity contribution is 9.10. The lowest BCUT2D eigenvalue weighted by molar-refractivity contribution is 0.102. The lowest BCUT2D eigenvalue weighted by atomic mass is 10.1. The number of anilines is 1. The van der Waals surface area contributed by atoms with E-state index in [1.807, 2.05) is 0 Å². The predicted octanol–water partition coefficient (Wildman–Crippen LogP) is 3.11. The van der Waals surface area contributed by atoms with Crippen molar-refractivity contribution in [2.24, 2.45) is 0 Å². The lowest BCUT2D eigenvalue weighted by Crippen LogP contribution is -2.13. The van der Waals surface area contributed by atoms with E-state index in [0.29, 0.717) is 16.8 Å². The van der Waals surface area contributed by atoms with Crippen LogP contribution in [0.5, 0.6) is 5.75 Å². The molecule has 0 saturated heterocycles. The van der Waals surface area contributed by atoms with E-state index in [2.05, 4.69) is 26.2 Å². The van der Waals surface area contributed by atoms with Gasteiger partial charge in [0.15, 0.2) is 0 Å². The van der Waals surface area contributed by atoms with Gasteiger partial charge in [-0.1, -0.05) is 6.07 Å². The zero-order valence-electron chi connectivity index (χ0n) is 9.64. The van der Waals surface area contributed by atoms with Crippen LogP contribution in [0.25, 0.3) is 0 Å². The summed E-state index contributed by atoms with van der Waals surface area (Å²) in [6.45, 7) is 1.74. The number of phenols is 1. The third-order valence-electron chi connectivity index (χ3n) is 2.52. The summed E-state index contributed by atoms with van der Waals surface area (Å²) in [7, 11) is 0. The van der Waals surface area contributed by atoms with Gasteiger partial charge in [0.05, 0.1) is 5.56 Å². The molecule has 0 saturated carbocycles. The quantitative estimate of drug-likeness (QED) is 0.896. The number of carbonyl (C=O) groups is 1. The number of nitrogens with one attached hydrogen (secondary N) is 1. The standard InChI is InChI=1S/C13H11BrN2O2/c1-8-11(3-2-4-12(8)17)16-13(18)9-5-10(14)7-15-6-9/h2-7,17H,1H3,(H,16,18). The summed E-state index contributed by atoms with van der Waals surface area (Å²) in [6, 6.07) is 6.67. The molecule has 2 aromatic rings. The van der Waals surface area contributed by atoms with Gasteiger partial charge in [0.25, 0.3) is 5.91 Å². The normalized spacial score (nSPS) is 10.1. The second kappa shape index (κ2) is 5.18. The number of carbonyl (C=O) groups excluding carboxylic acids is 1. The Morgan fingerprint density at radius 1 is 1.39 bits per heavy atom. The number of amides is 1. The molecule has 18 heavy (non-hydrogen) atoms. The van der Waals surface area contributed by atoms with Crippen molar-refractivity contribution in [3.8, 4) is 5.75 Å². The van der Waals surface area contributed by atoms with Gasteiger partial charge in [0, 0.05) is 28.1 Å². The van der Waals surface area contributed by atoms with Crippen molar-refractivity contribution in [2.45, 2.75) is 6.92 Å². The summed E-state index contributed by atoms with van der Waals surface area (Å²) in [5, 5.41) is 12.3. The average Bonchev–Trinajstić information content (AvgIpc) is 2.35. The molecule has 1 amide bonds. The first kappa shape index (κ1) is 12.6. The SMILES string of the molecule is Cc1c(O)cccc1NC(=O)c1cncc(Br)c1. The maximum absolute atomic E-state index is 12.0. The second-order valence-corrected chi connectivity index (χ2v) is 4.71. The van der Waals surface area contributed by atoms with Gasteiger partial charge in [-0.3, -0.25) is 9.78 Å². The fraction of sp³-hybridized carbons (Fsp3) is 0.0769. The maximum Gasteiger partial charge on any atom is 0.257 e. The van der Waals surface area contributed by atoms with E-state index in [4.69, 9.17) is 0 Å². The number of hydrogen-bond donors (Lipinski definition) is 2. The van der Waals surface area contributed by atoms with E-state index in [9.17, 15) is 9.90 Å². The van der Waals surface area contributed by atoms with E-state index >= 15 is 0 Å². The van der Waals surface area contributed by atoms with Gasteiger partial charge in [0.2, 0.25) is 0 Å². The topological polar surface area (TPSA) is 62.2 Å². The highest BCUT2D eigenvalue weighted by Crippen LogP contribution is 2.24. The van der Waals surface area contributed by atoms with Crippen LogP contribution in [0.4, 0.5) is 5.69 Å². The zero-order chi connectivity index (χ0) is 13.1. The Hall–Kier alpha value is -1.88. The summed E-state index contributed by atoms with van der Waals surface area (Å²) in [4.78, 5) is 15.9. The molecule has 1 heterocycles. The van der Waals surface area contributed by atoms with E-state index < -0.39 is 0 Å². The molecule has 0 radical (unpaired) electrons. The number of rotatable bonds is 2. The molecule has 0 bridgehead atoms. The van der Waals surface area contributed by atoms with Crippen LogP contribution in [0, 0.1) is 6.92 Å². The second-order valence-electron chi connectivity index (χ2n) is 3.80. The van der Waals surface area contributed by atoms with E-state index in [1.165, 1.54) is 6.20 Å². The Morgan fingerprint density at radius 3 is 2.89 bits per heavy atom. The molecule has 1 aromatic heterocycles. The number of pyridine rings is 1. The van der Waals surface area contributed by atoms with Crippen molar-refractivity contribution in [2.75, 3.05) is 5.32 Å². The lowest BCUT2D eigenvalue weighted by Gasteiger charge is -2.09. The number of phenolic OH excluding ortho intramolecular Hbond substituents is 1. The van der Waals surface area contributed by atoms with E-state index in [-0.39, 0.29) is 11.7 Å². The largest absolute Gasteiger partial charge is 0.508 e. The Bertz CT molecular complexity index is 599. The molecule has 1 aromatic carbocycles. The van der Waals surface area contributed by atoms with Gasteiger partial charge in [0.1, 0.15) is 5.75 Å². The average molecular weight is 307 g/mol. The van der Waals surface area contributed by atoms with Gasteiger partial charge in [-0.15, -0.1) is 0 Å². The third-order valence-corrected chi connectivity index (χ3v) is 2.95. The summed E-state index contributed by atoms with van der Waals surface area (Å²) >= 11 is 3.26. The molecule has 4 nitrogen and oxygen atoms in total. The fourth-order valence-corrected chi connectivity index (χ4v) is 1.85. The first-order valence-electron chi connectivity index (χ1n) is 5.28. The van der Waals surface area contributed by atoms with Crippen LogP contribution in [0.2, 0.25) is 0 Å². The minimum absolute atomic E-state index is 0.153. The van der Waals surface area contributed by atoms with Crippen molar-refractivity contribution < 1.29 is 9.90 Å². The molecule has 0 aliphatic heterocycles. The molecule has 92 valence electrons. The van der Waals surface area contributed by atoms with Gasteiger partial charge < -0.3 is 10.4 Å². The third kappa shape index (κ3) is 2.68. The fourth-order valence-electron chi connectivity index (χ4n) is 1.49. The number of nitrogens with zero attached hydrogens (tertiary/aromatic N) is 1. The predicted molar refractivity (Wildman–Crippen MR) is 72.7 cm³/mol. The Balaban J connectivity index is 2.24. The molecule has 2 N–H and O–H groups in total. The van der Waals surface area contributed by atoms with Gasteiger partial charge in [-0.25, -0.2) is 0 Å². The zero-order valence-corrected chi connectivity index (χ0v) is 11.2. The number of halogens is 1. The number of aromatic hydroxyl groups is 1. The molecule has 0 unspecified atom stereocenters. The number of benzene rings is 1. The van der Waals surface area contributed by atoms with Gasteiger partial charge in [-0.2, -0.15) is 0 Å². The van der Waals surface area contributed by atoms with E-state index in [0.717, 1.165) is 4.47 Å². The minimum Gasteiger partial charge on any atom is -0.508 e. The van der Waals surface area contributed by atoms with Crippen LogP contribution in [-0.4, -0.2) is 16.0 Å². The smallest absolute Gasteiger partial charge is 0.257 e. The van der Waals surface area contributed by atoms with Crippen LogP contribution in [0.15, 0.2) is 41.1 Å². The maximum atomic E-state index is 12.0.